The Labute approximate surface area is 163 Å². The molecule has 2 rings (SSSR count). The van der Waals surface area contributed by atoms with Gasteiger partial charge >= 0.3 is 6.18 Å². The highest BCUT2D eigenvalue weighted by atomic mass is 32.2. The van der Waals surface area contributed by atoms with Crippen LogP contribution in [-0.4, -0.2) is 25.5 Å². The lowest BCUT2D eigenvalue weighted by Crippen LogP contribution is -2.16. The number of hydrogen-bond donors (Lipinski definition) is 2. The summed E-state index contributed by atoms with van der Waals surface area (Å²) in [5.41, 5.74) is -1.97. The number of amides is 1. The number of hydrogen-bond acceptors (Lipinski definition) is 5. The molecule has 0 bridgehead atoms. The van der Waals surface area contributed by atoms with Crippen LogP contribution in [0.4, 0.5) is 30.2 Å². The topological polar surface area (TPSA) is 118 Å². The minimum atomic E-state index is -4.72. The molecule has 1 amide bonds. The van der Waals surface area contributed by atoms with Gasteiger partial charge < -0.3 is 5.32 Å². The second-order valence-corrected chi connectivity index (χ2v) is 7.52. The molecule has 0 radical (unpaired) electrons. The highest BCUT2D eigenvalue weighted by Gasteiger charge is 2.31. The molecule has 154 valence electrons. The van der Waals surface area contributed by atoms with E-state index in [9.17, 15) is 36.5 Å². The minimum Gasteiger partial charge on any atom is -0.321 e. The number of carbonyl (C=O) groups is 1. The third-order valence-corrected chi connectivity index (χ3v) is 4.04. The van der Waals surface area contributed by atoms with E-state index < -0.39 is 38.3 Å². The van der Waals surface area contributed by atoms with Crippen LogP contribution < -0.4 is 10.0 Å². The number of nitrogens with one attached hydrogen (secondary N) is 2. The Balaban J connectivity index is 2.34. The maximum atomic E-state index is 12.9. The number of carbonyl (C=O) groups excluding carboxylic acids is 1. The molecule has 29 heavy (non-hydrogen) atoms. The lowest BCUT2D eigenvalue weighted by atomic mass is 10.1. The van der Waals surface area contributed by atoms with Gasteiger partial charge in [-0.2, -0.15) is 13.2 Å². The Morgan fingerprint density at radius 1 is 1.14 bits per heavy atom. The summed E-state index contributed by atoms with van der Waals surface area (Å²) in [4.78, 5) is 22.4. The zero-order chi connectivity index (χ0) is 21.8. The van der Waals surface area contributed by atoms with Crippen molar-refractivity contribution in [1.82, 2.24) is 0 Å². The lowest BCUT2D eigenvalue weighted by molar-refractivity contribution is -0.385. The summed E-state index contributed by atoms with van der Waals surface area (Å²) in [6.45, 7) is 0. The summed E-state index contributed by atoms with van der Waals surface area (Å²) in [5.74, 6) is -0.918. The van der Waals surface area contributed by atoms with E-state index in [0.29, 0.717) is 12.1 Å². The molecule has 2 aromatic rings. The number of sulfonamides is 1. The number of benzene rings is 2. The summed E-state index contributed by atoms with van der Waals surface area (Å²) >= 11 is 0. The van der Waals surface area contributed by atoms with Crippen molar-refractivity contribution in [2.24, 2.45) is 0 Å². The maximum absolute atomic E-state index is 12.9. The second kappa shape index (κ2) is 8.31. The lowest BCUT2D eigenvalue weighted by Gasteiger charge is -2.14. The quantitative estimate of drug-likeness (QED) is 0.413. The molecule has 0 saturated carbocycles. The minimum absolute atomic E-state index is 0.103. The van der Waals surface area contributed by atoms with Gasteiger partial charge in [-0.05, 0) is 30.3 Å². The summed E-state index contributed by atoms with van der Waals surface area (Å²) in [7, 11) is -3.83. The molecule has 8 nitrogen and oxygen atoms in total. The first-order chi connectivity index (χ1) is 13.4. The van der Waals surface area contributed by atoms with E-state index in [1.54, 1.807) is 0 Å². The fourth-order valence-electron chi connectivity index (χ4n) is 2.25. The van der Waals surface area contributed by atoms with Gasteiger partial charge in [0.2, 0.25) is 15.9 Å². The molecular weight excluding hydrogens is 415 g/mol. The van der Waals surface area contributed by atoms with E-state index in [0.717, 1.165) is 24.5 Å². The van der Waals surface area contributed by atoms with Crippen LogP contribution in [0, 0.1) is 10.1 Å². The number of nitro benzene ring substituents is 1. The molecular formula is C17H14F3N3O5S. The van der Waals surface area contributed by atoms with Gasteiger partial charge in [0.05, 0.1) is 33.7 Å². The first kappa shape index (κ1) is 21.9. The molecule has 0 unspecified atom stereocenters. The van der Waals surface area contributed by atoms with Crippen molar-refractivity contribution < 1.29 is 31.3 Å². The van der Waals surface area contributed by atoms with Crippen molar-refractivity contribution in [3.05, 3.63) is 69.8 Å². The zero-order valence-electron chi connectivity index (χ0n) is 14.7. The number of anilines is 2. The van der Waals surface area contributed by atoms with Crippen molar-refractivity contribution >= 4 is 39.1 Å². The SMILES string of the molecule is CS(=O)(=O)Nc1ccc(C(F)(F)F)cc1NC(=O)/C=C/c1ccccc1[N+](=O)[O-]. The number of para-hydroxylation sites is 1. The van der Waals surface area contributed by atoms with Gasteiger partial charge in [-0.3, -0.25) is 19.6 Å². The molecule has 0 saturated heterocycles. The van der Waals surface area contributed by atoms with Gasteiger partial charge in [0.1, 0.15) is 0 Å². The Bertz CT molecular complexity index is 1080. The maximum Gasteiger partial charge on any atom is 0.416 e. The van der Waals surface area contributed by atoms with Gasteiger partial charge in [0, 0.05) is 12.1 Å². The van der Waals surface area contributed by atoms with E-state index in [4.69, 9.17) is 0 Å². The van der Waals surface area contributed by atoms with Crippen LogP contribution in [0.3, 0.4) is 0 Å². The normalized spacial score (nSPS) is 12.0. The molecule has 0 fully saturated rings. The Morgan fingerprint density at radius 3 is 2.38 bits per heavy atom. The first-order valence-corrected chi connectivity index (χ1v) is 9.67. The molecule has 0 aromatic heterocycles. The summed E-state index contributed by atoms with van der Waals surface area (Å²) < 4.78 is 63.6. The summed E-state index contributed by atoms with van der Waals surface area (Å²) in [6.07, 6.45) is -1.92. The van der Waals surface area contributed by atoms with Crippen molar-refractivity contribution in [1.29, 1.82) is 0 Å². The van der Waals surface area contributed by atoms with Crippen LogP contribution >= 0.6 is 0 Å². The third-order valence-electron chi connectivity index (χ3n) is 3.45. The van der Waals surface area contributed by atoms with E-state index in [1.807, 2.05) is 4.72 Å². The van der Waals surface area contributed by atoms with Crippen molar-refractivity contribution in [2.75, 3.05) is 16.3 Å². The fourth-order valence-corrected chi connectivity index (χ4v) is 2.82. The number of nitro groups is 1. The predicted octanol–water partition coefficient (Wildman–Crippen LogP) is 3.64. The van der Waals surface area contributed by atoms with E-state index in [-0.39, 0.29) is 16.9 Å². The Hall–Kier alpha value is -3.41. The molecule has 0 heterocycles. The van der Waals surface area contributed by atoms with Crippen LogP contribution in [0.1, 0.15) is 11.1 Å². The zero-order valence-corrected chi connectivity index (χ0v) is 15.5. The molecule has 2 aromatic carbocycles. The average Bonchev–Trinajstić information content (AvgIpc) is 2.59. The highest BCUT2D eigenvalue weighted by molar-refractivity contribution is 7.92. The summed E-state index contributed by atoms with van der Waals surface area (Å²) in [6, 6.07) is 7.63. The van der Waals surface area contributed by atoms with E-state index >= 15 is 0 Å². The molecule has 0 atom stereocenters. The smallest absolute Gasteiger partial charge is 0.321 e. The fraction of sp³-hybridized carbons (Fsp3) is 0.118. The number of halogens is 3. The van der Waals surface area contributed by atoms with Gasteiger partial charge in [-0.15, -0.1) is 0 Å². The largest absolute Gasteiger partial charge is 0.416 e. The number of alkyl halides is 3. The molecule has 0 aliphatic rings. The molecule has 0 aliphatic heterocycles. The van der Waals surface area contributed by atoms with Crippen molar-refractivity contribution in [3.8, 4) is 0 Å². The molecule has 0 aliphatic carbocycles. The number of nitrogens with zero attached hydrogens (tertiary/aromatic N) is 1. The first-order valence-electron chi connectivity index (χ1n) is 7.78. The van der Waals surface area contributed by atoms with Gasteiger partial charge in [-0.25, -0.2) is 8.42 Å². The van der Waals surface area contributed by atoms with Crippen LogP contribution in [0.15, 0.2) is 48.5 Å². The summed E-state index contributed by atoms with van der Waals surface area (Å²) in [5, 5.41) is 13.1. The van der Waals surface area contributed by atoms with Gasteiger partial charge in [0.25, 0.3) is 5.69 Å². The molecule has 12 heteroatoms. The standard InChI is InChI=1S/C17H14F3N3O5S/c1-29(27,28)22-13-8-7-12(17(18,19)20)10-14(13)21-16(24)9-6-11-4-2-3-5-15(11)23(25)26/h2-10,22H,1H3,(H,21,24)/b9-6+. The van der Waals surface area contributed by atoms with Crippen molar-refractivity contribution in [3.63, 3.8) is 0 Å². The highest BCUT2D eigenvalue weighted by Crippen LogP contribution is 2.34. The van der Waals surface area contributed by atoms with Gasteiger partial charge in [0.15, 0.2) is 0 Å². The monoisotopic (exact) mass is 429 g/mol. The van der Waals surface area contributed by atoms with Crippen LogP contribution in [-0.2, 0) is 21.0 Å². The van der Waals surface area contributed by atoms with Crippen LogP contribution in [0.5, 0.6) is 0 Å². The Kier molecular flexibility index (Phi) is 6.27. The van der Waals surface area contributed by atoms with Gasteiger partial charge in [-0.1, -0.05) is 12.1 Å². The predicted molar refractivity (Wildman–Crippen MR) is 101 cm³/mol. The van der Waals surface area contributed by atoms with E-state index in [2.05, 4.69) is 5.32 Å². The average molecular weight is 429 g/mol. The Morgan fingerprint density at radius 2 is 1.79 bits per heavy atom. The second-order valence-electron chi connectivity index (χ2n) is 5.77. The molecule has 0 spiro atoms. The van der Waals surface area contributed by atoms with Crippen molar-refractivity contribution in [2.45, 2.75) is 6.18 Å². The van der Waals surface area contributed by atoms with Crippen LogP contribution in [0.25, 0.3) is 6.08 Å². The van der Waals surface area contributed by atoms with Crippen LogP contribution in [0.2, 0.25) is 0 Å². The van der Waals surface area contributed by atoms with E-state index in [1.165, 1.54) is 24.3 Å². The number of rotatable bonds is 6. The third kappa shape index (κ3) is 6.31. The molecule has 2 N–H and O–H groups in total.